The molecule has 1 atom stereocenters. The zero-order valence-corrected chi connectivity index (χ0v) is 12.5. The van der Waals surface area contributed by atoms with Crippen molar-refractivity contribution < 1.29 is 9.47 Å². The van der Waals surface area contributed by atoms with Crippen LogP contribution in [0.5, 0.6) is 11.5 Å². The summed E-state index contributed by atoms with van der Waals surface area (Å²) in [6.45, 7) is 2.83. The number of hydrogen-bond acceptors (Lipinski definition) is 4. The van der Waals surface area contributed by atoms with E-state index in [4.69, 9.17) is 26.8 Å². The molecule has 2 aromatic rings. The SMILES string of the molecule is CCn1cc(C(N)c2cc(Cl)c(OC)c(OC)c2)cn1. The zero-order valence-electron chi connectivity index (χ0n) is 11.8. The van der Waals surface area contributed by atoms with E-state index in [9.17, 15) is 0 Å². The fraction of sp³-hybridized carbons (Fsp3) is 0.357. The van der Waals surface area contributed by atoms with Gasteiger partial charge in [0.2, 0.25) is 0 Å². The van der Waals surface area contributed by atoms with Gasteiger partial charge < -0.3 is 15.2 Å². The second-order valence-electron chi connectivity index (χ2n) is 4.35. The van der Waals surface area contributed by atoms with Crippen LogP contribution in [-0.4, -0.2) is 24.0 Å². The third kappa shape index (κ3) is 2.73. The van der Waals surface area contributed by atoms with E-state index in [1.165, 1.54) is 0 Å². The van der Waals surface area contributed by atoms with Gasteiger partial charge in [-0.15, -0.1) is 0 Å². The maximum Gasteiger partial charge on any atom is 0.179 e. The van der Waals surface area contributed by atoms with Crippen molar-refractivity contribution in [1.82, 2.24) is 9.78 Å². The first kappa shape index (κ1) is 14.7. The highest BCUT2D eigenvalue weighted by Crippen LogP contribution is 2.38. The van der Waals surface area contributed by atoms with Crippen molar-refractivity contribution in [3.8, 4) is 11.5 Å². The highest BCUT2D eigenvalue weighted by molar-refractivity contribution is 6.32. The van der Waals surface area contributed by atoms with Gasteiger partial charge in [-0.2, -0.15) is 5.10 Å². The molecular formula is C14H18ClN3O2. The van der Waals surface area contributed by atoms with Gasteiger partial charge in [0.25, 0.3) is 0 Å². The number of aromatic nitrogens is 2. The molecule has 0 aliphatic heterocycles. The molecule has 0 bridgehead atoms. The maximum absolute atomic E-state index is 6.26. The van der Waals surface area contributed by atoms with Crippen molar-refractivity contribution in [2.75, 3.05) is 14.2 Å². The summed E-state index contributed by atoms with van der Waals surface area (Å²) in [7, 11) is 3.12. The highest BCUT2D eigenvalue weighted by atomic mass is 35.5. The van der Waals surface area contributed by atoms with E-state index in [1.54, 1.807) is 26.5 Å². The smallest absolute Gasteiger partial charge is 0.179 e. The fourth-order valence-corrected chi connectivity index (χ4v) is 2.32. The number of nitrogens with zero attached hydrogens (tertiary/aromatic N) is 2. The Balaban J connectivity index is 2.39. The van der Waals surface area contributed by atoms with Gasteiger partial charge in [-0.1, -0.05) is 11.6 Å². The minimum atomic E-state index is -0.312. The molecule has 0 fully saturated rings. The number of hydrogen-bond donors (Lipinski definition) is 1. The lowest BCUT2D eigenvalue weighted by molar-refractivity contribution is 0.354. The average Bonchev–Trinajstić information content (AvgIpc) is 2.94. The monoisotopic (exact) mass is 295 g/mol. The number of nitrogens with two attached hydrogens (primary N) is 1. The van der Waals surface area contributed by atoms with Crippen molar-refractivity contribution in [3.63, 3.8) is 0 Å². The first-order valence-electron chi connectivity index (χ1n) is 6.30. The minimum Gasteiger partial charge on any atom is -0.493 e. The van der Waals surface area contributed by atoms with Gasteiger partial charge in [0.1, 0.15) is 0 Å². The lowest BCUT2D eigenvalue weighted by atomic mass is 10.0. The van der Waals surface area contributed by atoms with Crippen molar-refractivity contribution in [2.45, 2.75) is 19.5 Å². The van der Waals surface area contributed by atoms with Gasteiger partial charge in [0.15, 0.2) is 11.5 Å². The first-order valence-corrected chi connectivity index (χ1v) is 6.67. The molecule has 6 heteroatoms. The molecule has 0 aliphatic rings. The normalized spacial score (nSPS) is 12.2. The second-order valence-corrected chi connectivity index (χ2v) is 4.75. The van der Waals surface area contributed by atoms with E-state index in [1.807, 2.05) is 23.9 Å². The van der Waals surface area contributed by atoms with Crippen LogP contribution in [0.2, 0.25) is 5.02 Å². The van der Waals surface area contributed by atoms with Crippen molar-refractivity contribution in [1.29, 1.82) is 0 Å². The third-order valence-electron chi connectivity index (χ3n) is 3.15. The summed E-state index contributed by atoms with van der Waals surface area (Å²) >= 11 is 6.20. The summed E-state index contributed by atoms with van der Waals surface area (Å²) < 4.78 is 12.3. The predicted molar refractivity (Wildman–Crippen MR) is 78.5 cm³/mol. The van der Waals surface area contributed by atoms with Crippen LogP contribution in [0.25, 0.3) is 0 Å². The summed E-state index contributed by atoms with van der Waals surface area (Å²) in [5.74, 6) is 1.07. The van der Waals surface area contributed by atoms with Crippen LogP contribution in [0.3, 0.4) is 0 Å². The molecular weight excluding hydrogens is 278 g/mol. The van der Waals surface area contributed by atoms with E-state index in [0.29, 0.717) is 16.5 Å². The molecule has 0 spiro atoms. The van der Waals surface area contributed by atoms with Crippen molar-refractivity contribution in [3.05, 3.63) is 40.7 Å². The van der Waals surface area contributed by atoms with Crippen LogP contribution < -0.4 is 15.2 Å². The van der Waals surface area contributed by atoms with E-state index in [0.717, 1.165) is 17.7 Å². The van der Waals surface area contributed by atoms with E-state index < -0.39 is 0 Å². The Morgan fingerprint density at radius 1 is 1.30 bits per heavy atom. The molecule has 1 aromatic heterocycles. The molecule has 5 nitrogen and oxygen atoms in total. The number of ether oxygens (including phenoxy) is 2. The van der Waals surface area contributed by atoms with Gasteiger partial charge in [-0.05, 0) is 24.6 Å². The summed E-state index contributed by atoms with van der Waals surface area (Å²) in [5.41, 5.74) is 8.04. The molecule has 0 aliphatic carbocycles. The van der Waals surface area contributed by atoms with Crippen LogP contribution in [0.15, 0.2) is 24.5 Å². The molecule has 0 amide bonds. The Kier molecular flexibility index (Phi) is 4.52. The van der Waals surface area contributed by atoms with Crippen LogP contribution in [0.4, 0.5) is 0 Å². The quantitative estimate of drug-likeness (QED) is 0.921. The maximum atomic E-state index is 6.26. The first-order chi connectivity index (χ1) is 9.60. The summed E-state index contributed by atoms with van der Waals surface area (Å²) in [6.07, 6.45) is 3.69. The molecule has 0 radical (unpaired) electrons. The molecule has 2 rings (SSSR count). The number of aryl methyl sites for hydroxylation is 1. The van der Waals surface area contributed by atoms with Gasteiger partial charge in [0.05, 0.1) is 31.5 Å². The van der Waals surface area contributed by atoms with E-state index in [-0.39, 0.29) is 6.04 Å². The lowest BCUT2D eigenvalue weighted by Gasteiger charge is -2.15. The standard InChI is InChI=1S/C14H18ClN3O2/c1-4-18-8-10(7-17-18)13(16)9-5-11(15)14(20-3)12(6-9)19-2/h5-8,13H,4,16H2,1-3H3. The van der Waals surface area contributed by atoms with Crippen LogP contribution in [-0.2, 0) is 6.54 Å². The Bertz CT molecular complexity index is 598. The van der Waals surface area contributed by atoms with Gasteiger partial charge in [-0.25, -0.2) is 0 Å². The summed E-state index contributed by atoms with van der Waals surface area (Å²) in [6, 6.07) is 3.31. The zero-order chi connectivity index (χ0) is 14.7. The number of rotatable bonds is 5. The van der Waals surface area contributed by atoms with Crippen LogP contribution in [0, 0.1) is 0 Å². The van der Waals surface area contributed by atoms with Gasteiger partial charge in [-0.3, -0.25) is 4.68 Å². The van der Waals surface area contributed by atoms with Crippen molar-refractivity contribution >= 4 is 11.6 Å². The Morgan fingerprint density at radius 3 is 2.60 bits per heavy atom. The number of methoxy groups -OCH3 is 2. The molecule has 0 saturated heterocycles. The average molecular weight is 296 g/mol. The minimum absolute atomic E-state index is 0.312. The topological polar surface area (TPSA) is 62.3 Å². The van der Waals surface area contributed by atoms with Crippen LogP contribution >= 0.6 is 11.6 Å². The highest BCUT2D eigenvalue weighted by Gasteiger charge is 2.17. The summed E-state index contributed by atoms with van der Waals surface area (Å²) in [4.78, 5) is 0. The second kappa shape index (κ2) is 6.15. The van der Waals surface area contributed by atoms with Crippen molar-refractivity contribution in [2.24, 2.45) is 5.73 Å². The Labute approximate surface area is 123 Å². The van der Waals surface area contributed by atoms with Gasteiger partial charge in [0, 0.05) is 18.3 Å². The predicted octanol–water partition coefficient (Wildman–Crippen LogP) is 2.62. The van der Waals surface area contributed by atoms with Crippen LogP contribution in [0.1, 0.15) is 24.1 Å². The van der Waals surface area contributed by atoms with Gasteiger partial charge >= 0.3 is 0 Å². The molecule has 1 heterocycles. The fourth-order valence-electron chi connectivity index (χ4n) is 2.02. The Hall–Kier alpha value is -1.72. The molecule has 1 unspecified atom stereocenters. The largest absolute Gasteiger partial charge is 0.493 e. The molecule has 0 saturated carbocycles. The van der Waals surface area contributed by atoms with E-state index in [2.05, 4.69) is 5.10 Å². The third-order valence-corrected chi connectivity index (χ3v) is 3.43. The molecule has 108 valence electrons. The van der Waals surface area contributed by atoms with E-state index >= 15 is 0 Å². The molecule has 1 aromatic carbocycles. The lowest BCUT2D eigenvalue weighted by Crippen LogP contribution is -2.11. The number of halogens is 1. The number of benzene rings is 1. The Morgan fingerprint density at radius 2 is 2.05 bits per heavy atom. The molecule has 2 N–H and O–H groups in total. The summed E-state index contributed by atoms with van der Waals surface area (Å²) in [5, 5.41) is 4.70. The molecule has 20 heavy (non-hydrogen) atoms.